The highest BCUT2D eigenvalue weighted by molar-refractivity contribution is 7.88. The minimum absolute atomic E-state index is 0.222. The van der Waals surface area contributed by atoms with Crippen molar-refractivity contribution in [2.24, 2.45) is 11.8 Å². The van der Waals surface area contributed by atoms with E-state index in [-0.39, 0.29) is 6.04 Å². The number of rotatable bonds is 2. The number of hydrogen-bond acceptors (Lipinski definition) is 2. The third-order valence-corrected chi connectivity index (χ3v) is 4.64. The molecular weight excluding hydrogens is 186 g/mol. The SMILES string of the molecule is CC1CC(N(C)S(C)(=O)=O)CC1C. The first-order valence-corrected chi connectivity index (χ1v) is 6.60. The number of hydrogen-bond donors (Lipinski definition) is 0. The minimum Gasteiger partial charge on any atom is -0.213 e. The first kappa shape index (κ1) is 11.0. The maximum absolute atomic E-state index is 11.3. The lowest BCUT2D eigenvalue weighted by molar-refractivity contribution is 0.366. The lowest BCUT2D eigenvalue weighted by Gasteiger charge is -2.21. The third kappa shape index (κ3) is 2.44. The fourth-order valence-corrected chi connectivity index (χ4v) is 2.70. The van der Waals surface area contributed by atoms with E-state index in [0.29, 0.717) is 11.8 Å². The molecule has 1 fully saturated rings. The van der Waals surface area contributed by atoms with E-state index in [4.69, 9.17) is 0 Å². The van der Waals surface area contributed by atoms with E-state index in [1.165, 1.54) is 10.6 Å². The Morgan fingerprint density at radius 1 is 1.15 bits per heavy atom. The summed E-state index contributed by atoms with van der Waals surface area (Å²) in [5.74, 6) is 1.29. The molecule has 0 aromatic heterocycles. The Hall–Kier alpha value is -0.0900. The van der Waals surface area contributed by atoms with Gasteiger partial charge >= 0.3 is 0 Å². The molecule has 1 aliphatic rings. The maximum Gasteiger partial charge on any atom is 0.211 e. The highest BCUT2D eigenvalue weighted by atomic mass is 32.2. The van der Waals surface area contributed by atoms with Gasteiger partial charge in [-0.15, -0.1) is 0 Å². The van der Waals surface area contributed by atoms with Gasteiger partial charge in [-0.1, -0.05) is 13.8 Å². The van der Waals surface area contributed by atoms with E-state index in [1.807, 2.05) is 0 Å². The molecule has 0 heterocycles. The lowest BCUT2D eigenvalue weighted by Crippen LogP contribution is -2.34. The average molecular weight is 205 g/mol. The maximum atomic E-state index is 11.3. The van der Waals surface area contributed by atoms with Crippen LogP contribution in [-0.4, -0.2) is 32.1 Å². The van der Waals surface area contributed by atoms with Crippen LogP contribution in [0.15, 0.2) is 0 Å². The molecular formula is C9H19NO2S. The summed E-state index contributed by atoms with van der Waals surface area (Å²) in [6, 6.07) is 0.222. The normalized spacial score (nSPS) is 35.6. The van der Waals surface area contributed by atoms with Crippen molar-refractivity contribution in [2.75, 3.05) is 13.3 Å². The molecule has 0 bridgehead atoms. The molecule has 1 saturated carbocycles. The van der Waals surface area contributed by atoms with Crippen LogP contribution in [0.5, 0.6) is 0 Å². The molecule has 2 atom stereocenters. The molecule has 0 aromatic rings. The van der Waals surface area contributed by atoms with E-state index in [9.17, 15) is 8.42 Å². The predicted molar refractivity (Wildman–Crippen MR) is 54.0 cm³/mol. The monoisotopic (exact) mass is 205 g/mol. The molecule has 4 heteroatoms. The Balaban J connectivity index is 2.67. The van der Waals surface area contributed by atoms with E-state index >= 15 is 0 Å². The zero-order chi connectivity index (χ0) is 10.2. The molecule has 0 N–H and O–H groups in total. The first-order valence-electron chi connectivity index (χ1n) is 4.75. The zero-order valence-corrected chi connectivity index (χ0v) is 9.63. The van der Waals surface area contributed by atoms with Crippen LogP contribution in [0.1, 0.15) is 26.7 Å². The van der Waals surface area contributed by atoms with Gasteiger partial charge in [-0.25, -0.2) is 12.7 Å². The van der Waals surface area contributed by atoms with Gasteiger partial charge in [0.1, 0.15) is 0 Å². The van der Waals surface area contributed by atoms with Gasteiger partial charge in [0.05, 0.1) is 6.26 Å². The van der Waals surface area contributed by atoms with Crippen LogP contribution in [0.4, 0.5) is 0 Å². The van der Waals surface area contributed by atoms with Crippen LogP contribution < -0.4 is 0 Å². The van der Waals surface area contributed by atoms with E-state index < -0.39 is 10.0 Å². The summed E-state index contributed by atoms with van der Waals surface area (Å²) in [4.78, 5) is 0. The van der Waals surface area contributed by atoms with Crippen molar-refractivity contribution in [2.45, 2.75) is 32.7 Å². The average Bonchev–Trinajstić information content (AvgIpc) is 2.29. The topological polar surface area (TPSA) is 37.4 Å². The largest absolute Gasteiger partial charge is 0.213 e. The van der Waals surface area contributed by atoms with Crippen LogP contribution in [0, 0.1) is 11.8 Å². The zero-order valence-electron chi connectivity index (χ0n) is 8.82. The van der Waals surface area contributed by atoms with E-state index in [1.54, 1.807) is 7.05 Å². The molecule has 0 saturated heterocycles. The smallest absolute Gasteiger partial charge is 0.211 e. The van der Waals surface area contributed by atoms with Crippen LogP contribution in [-0.2, 0) is 10.0 Å². The second-order valence-electron chi connectivity index (χ2n) is 4.36. The second kappa shape index (κ2) is 3.58. The van der Waals surface area contributed by atoms with Gasteiger partial charge in [0.2, 0.25) is 10.0 Å². The minimum atomic E-state index is -3.00. The predicted octanol–water partition coefficient (Wildman–Crippen LogP) is 1.31. The first-order chi connectivity index (χ1) is 5.82. The highest BCUT2D eigenvalue weighted by Crippen LogP contribution is 2.34. The fourth-order valence-electron chi connectivity index (χ4n) is 1.99. The molecule has 78 valence electrons. The molecule has 3 nitrogen and oxygen atoms in total. The van der Waals surface area contributed by atoms with E-state index in [0.717, 1.165) is 12.8 Å². The van der Waals surface area contributed by atoms with E-state index in [2.05, 4.69) is 13.8 Å². The Bertz CT molecular complexity index is 263. The quantitative estimate of drug-likeness (QED) is 0.681. The Morgan fingerprint density at radius 3 is 1.85 bits per heavy atom. The Kier molecular flexibility index (Phi) is 3.02. The third-order valence-electron chi connectivity index (χ3n) is 3.30. The molecule has 0 spiro atoms. The van der Waals surface area contributed by atoms with Crippen LogP contribution >= 0.6 is 0 Å². The van der Waals surface area contributed by atoms with Crippen molar-refractivity contribution in [3.63, 3.8) is 0 Å². The molecule has 0 aromatic carbocycles. The molecule has 2 unspecified atom stereocenters. The summed E-state index contributed by atoms with van der Waals surface area (Å²) >= 11 is 0. The summed E-state index contributed by atoms with van der Waals surface area (Å²) in [6.07, 6.45) is 3.29. The van der Waals surface area contributed by atoms with Crippen LogP contribution in [0.25, 0.3) is 0 Å². The second-order valence-corrected chi connectivity index (χ2v) is 6.40. The highest BCUT2D eigenvalue weighted by Gasteiger charge is 2.33. The van der Waals surface area contributed by atoms with Gasteiger partial charge in [-0.05, 0) is 24.7 Å². The summed E-state index contributed by atoms with van der Waals surface area (Å²) in [5.41, 5.74) is 0. The summed E-state index contributed by atoms with van der Waals surface area (Å²) in [7, 11) is -1.31. The van der Waals surface area contributed by atoms with Crippen molar-refractivity contribution in [1.29, 1.82) is 0 Å². The summed E-state index contributed by atoms with van der Waals surface area (Å²) in [5, 5.41) is 0. The van der Waals surface area contributed by atoms with Crippen molar-refractivity contribution in [1.82, 2.24) is 4.31 Å². The van der Waals surface area contributed by atoms with Gasteiger partial charge in [0, 0.05) is 13.1 Å². The van der Waals surface area contributed by atoms with Crippen LogP contribution in [0.3, 0.4) is 0 Å². The molecule has 0 aliphatic heterocycles. The molecule has 0 radical (unpaired) electrons. The number of nitrogens with zero attached hydrogens (tertiary/aromatic N) is 1. The molecule has 13 heavy (non-hydrogen) atoms. The van der Waals surface area contributed by atoms with Gasteiger partial charge in [-0.2, -0.15) is 0 Å². The van der Waals surface area contributed by atoms with Gasteiger partial charge in [0.25, 0.3) is 0 Å². The van der Waals surface area contributed by atoms with Crippen molar-refractivity contribution >= 4 is 10.0 Å². The Morgan fingerprint density at radius 2 is 1.54 bits per heavy atom. The summed E-state index contributed by atoms with van der Waals surface area (Å²) in [6.45, 7) is 4.39. The van der Waals surface area contributed by atoms with Crippen LogP contribution in [0.2, 0.25) is 0 Å². The molecule has 1 aliphatic carbocycles. The van der Waals surface area contributed by atoms with Crippen molar-refractivity contribution < 1.29 is 8.42 Å². The fraction of sp³-hybridized carbons (Fsp3) is 1.00. The standard InChI is InChI=1S/C9H19NO2S/c1-7-5-9(6-8(7)2)10(3)13(4,11)12/h7-9H,5-6H2,1-4H3. The molecule has 0 amide bonds. The molecule has 1 rings (SSSR count). The van der Waals surface area contributed by atoms with Crippen molar-refractivity contribution in [3.05, 3.63) is 0 Å². The summed E-state index contributed by atoms with van der Waals surface area (Å²) < 4.78 is 24.0. The van der Waals surface area contributed by atoms with Gasteiger partial charge in [-0.3, -0.25) is 0 Å². The number of sulfonamides is 1. The van der Waals surface area contributed by atoms with Crippen molar-refractivity contribution in [3.8, 4) is 0 Å². The Labute approximate surface area is 81.2 Å². The lowest BCUT2D eigenvalue weighted by atomic mass is 10.0. The van der Waals surface area contributed by atoms with Gasteiger partial charge < -0.3 is 0 Å². The van der Waals surface area contributed by atoms with Gasteiger partial charge in [0.15, 0.2) is 0 Å².